The zero-order chi connectivity index (χ0) is 15.9. The fourth-order valence-corrected chi connectivity index (χ4v) is 2.38. The van der Waals surface area contributed by atoms with Crippen LogP contribution in [0.1, 0.15) is 56.0 Å². The number of benzene rings is 1. The van der Waals surface area contributed by atoms with Gasteiger partial charge in [0.2, 0.25) is 0 Å². The Bertz CT molecular complexity index is 481. The number of rotatable bonds is 7. The molecule has 0 heterocycles. The lowest BCUT2D eigenvalue weighted by atomic mass is 9.95. The molecule has 1 amide bonds. The second-order valence-corrected chi connectivity index (χ2v) is 5.47. The first-order chi connectivity index (χ1) is 9.96. The monoisotopic (exact) mass is 291 g/mol. The van der Waals surface area contributed by atoms with Crippen LogP contribution in [0.15, 0.2) is 24.3 Å². The van der Waals surface area contributed by atoms with Gasteiger partial charge in [0, 0.05) is 5.56 Å². The van der Waals surface area contributed by atoms with Crippen LogP contribution < -0.4 is 5.32 Å². The average Bonchev–Trinajstić information content (AvgIpc) is 2.47. The minimum absolute atomic E-state index is 0.251. The third kappa shape index (κ3) is 4.59. The van der Waals surface area contributed by atoms with Crippen molar-refractivity contribution >= 4 is 11.9 Å². The first-order valence-electron chi connectivity index (χ1n) is 7.46. The molecular weight excluding hydrogens is 266 g/mol. The molecular formula is C17H25NO3. The van der Waals surface area contributed by atoms with E-state index in [1.807, 2.05) is 19.1 Å². The van der Waals surface area contributed by atoms with Crippen molar-refractivity contribution in [2.45, 2.75) is 52.0 Å². The number of carbonyl (C=O) groups excluding carboxylic acids is 2. The molecule has 1 aromatic rings. The van der Waals surface area contributed by atoms with Gasteiger partial charge in [-0.15, -0.1) is 0 Å². The lowest BCUT2D eigenvalue weighted by Crippen LogP contribution is -2.52. The predicted molar refractivity (Wildman–Crippen MR) is 83.2 cm³/mol. The van der Waals surface area contributed by atoms with E-state index in [4.69, 9.17) is 4.74 Å². The third-order valence-electron chi connectivity index (χ3n) is 3.53. The van der Waals surface area contributed by atoms with Crippen molar-refractivity contribution in [2.24, 2.45) is 0 Å². The van der Waals surface area contributed by atoms with Crippen molar-refractivity contribution in [3.8, 4) is 0 Å². The number of ether oxygens (including phenoxy) is 1. The van der Waals surface area contributed by atoms with Crippen molar-refractivity contribution in [1.82, 2.24) is 5.32 Å². The van der Waals surface area contributed by atoms with Crippen LogP contribution >= 0.6 is 0 Å². The highest BCUT2D eigenvalue weighted by molar-refractivity contribution is 5.98. The van der Waals surface area contributed by atoms with Crippen molar-refractivity contribution in [1.29, 1.82) is 0 Å². The zero-order valence-electron chi connectivity index (χ0n) is 13.4. The van der Waals surface area contributed by atoms with Gasteiger partial charge in [0.15, 0.2) is 0 Å². The van der Waals surface area contributed by atoms with E-state index >= 15 is 0 Å². The van der Waals surface area contributed by atoms with Crippen LogP contribution in [-0.4, -0.2) is 24.5 Å². The van der Waals surface area contributed by atoms with Gasteiger partial charge in [-0.1, -0.05) is 38.8 Å². The molecule has 1 unspecified atom stereocenters. The molecule has 1 N–H and O–H groups in total. The fourth-order valence-electron chi connectivity index (χ4n) is 2.38. The highest BCUT2D eigenvalue weighted by Gasteiger charge is 2.35. The van der Waals surface area contributed by atoms with Crippen LogP contribution in [-0.2, 0) is 16.0 Å². The van der Waals surface area contributed by atoms with E-state index < -0.39 is 11.5 Å². The molecule has 0 aliphatic rings. The minimum atomic E-state index is -0.983. The van der Waals surface area contributed by atoms with Crippen LogP contribution in [0.5, 0.6) is 0 Å². The largest absolute Gasteiger partial charge is 0.467 e. The van der Waals surface area contributed by atoms with Crippen molar-refractivity contribution in [2.75, 3.05) is 7.11 Å². The van der Waals surface area contributed by atoms with Crippen LogP contribution in [0.2, 0.25) is 0 Å². The maximum absolute atomic E-state index is 12.3. The van der Waals surface area contributed by atoms with Gasteiger partial charge >= 0.3 is 5.97 Å². The van der Waals surface area contributed by atoms with Gasteiger partial charge in [-0.2, -0.15) is 0 Å². The predicted octanol–water partition coefficient (Wildman–Crippen LogP) is 3.10. The van der Waals surface area contributed by atoms with Crippen LogP contribution in [0, 0.1) is 0 Å². The number of esters is 1. The molecule has 1 rings (SSSR count). The van der Waals surface area contributed by atoms with E-state index in [-0.39, 0.29) is 5.91 Å². The topological polar surface area (TPSA) is 55.4 Å². The molecule has 1 atom stereocenters. The summed E-state index contributed by atoms with van der Waals surface area (Å²) in [5, 5.41) is 2.80. The molecule has 4 heteroatoms. The van der Waals surface area contributed by atoms with Gasteiger partial charge < -0.3 is 10.1 Å². The maximum Gasteiger partial charge on any atom is 0.331 e. The standard InChI is InChI=1S/C17H25NO3/c1-5-7-13-8-10-14(11-9-13)15(19)18-17(3,12-6-2)16(20)21-4/h8-11H,5-7,12H2,1-4H3,(H,18,19). The van der Waals surface area contributed by atoms with Gasteiger partial charge in [-0.25, -0.2) is 4.79 Å². The molecule has 0 saturated carbocycles. The smallest absolute Gasteiger partial charge is 0.331 e. The summed E-state index contributed by atoms with van der Waals surface area (Å²) in [5.41, 5.74) is 0.780. The summed E-state index contributed by atoms with van der Waals surface area (Å²) in [4.78, 5) is 24.2. The summed E-state index contributed by atoms with van der Waals surface area (Å²) in [6.45, 7) is 5.78. The number of methoxy groups -OCH3 is 1. The highest BCUT2D eigenvalue weighted by atomic mass is 16.5. The van der Waals surface area contributed by atoms with Crippen molar-refractivity contribution in [3.63, 3.8) is 0 Å². The molecule has 0 aliphatic carbocycles. The van der Waals surface area contributed by atoms with Crippen LogP contribution in [0.25, 0.3) is 0 Å². The Morgan fingerprint density at radius 3 is 2.24 bits per heavy atom. The average molecular weight is 291 g/mol. The fraction of sp³-hybridized carbons (Fsp3) is 0.529. The number of amides is 1. The van der Waals surface area contributed by atoms with Gasteiger partial charge in [0.25, 0.3) is 5.91 Å². The van der Waals surface area contributed by atoms with Gasteiger partial charge in [0.1, 0.15) is 5.54 Å². The summed E-state index contributed by atoms with van der Waals surface area (Å²) in [5.74, 6) is -0.667. The number of nitrogens with one attached hydrogen (secondary N) is 1. The molecule has 116 valence electrons. The summed E-state index contributed by atoms with van der Waals surface area (Å²) in [6.07, 6.45) is 3.39. The van der Waals surface area contributed by atoms with E-state index in [0.717, 1.165) is 19.3 Å². The van der Waals surface area contributed by atoms with Crippen molar-refractivity contribution in [3.05, 3.63) is 35.4 Å². The summed E-state index contributed by atoms with van der Waals surface area (Å²) in [7, 11) is 1.34. The molecule has 0 fully saturated rings. The van der Waals surface area contributed by atoms with Gasteiger partial charge in [-0.05, 0) is 37.5 Å². The Morgan fingerprint density at radius 2 is 1.76 bits per heavy atom. The molecule has 0 bridgehead atoms. The Balaban J connectivity index is 2.84. The van der Waals surface area contributed by atoms with Crippen LogP contribution in [0.4, 0.5) is 0 Å². The summed E-state index contributed by atoms with van der Waals surface area (Å²) < 4.78 is 4.80. The number of hydrogen-bond donors (Lipinski definition) is 1. The van der Waals surface area contributed by atoms with Crippen LogP contribution in [0.3, 0.4) is 0 Å². The summed E-state index contributed by atoms with van der Waals surface area (Å²) in [6, 6.07) is 7.50. The first kappa shape index (κ1) is 17.2. The number of carbonyl (C=O) groups is 2. The SMILES string of the molecule is CCCc1ccc(C(=O)NC(C)(CCC)C(=O)OC)cc1. The minimum Gasteiger partial charge on any atom is -0.467 e. The van der Waals surface area contributed by atoms with Gasteiger partial charge in [-0.3, -0.25) is 4.79 Å². The molecule has 21 heavy (non-hydrogen) atoms. The van der Waals surface area contributed by atoms with E-state index in [9.17, 15) is 9.59 Å². The second-order valence-electron chi connectivity index (χ2n) is 5.47. The second kappa shape index (κ2) is 7.81. The molecule has 4 nitrogen and oxygen atoms in total. The normalized spacial score (nSPS) is 13.3. The lowest BCUT2D eigenvalue weighted by molar-refractivity contribution is -0.147. The van der Waals surface area contributed by atoms with Gasteiger partial charge in [0.05, 0.1) is 7.11 Å². The quantitative estimate of drug-likeness (QED) is 0.785. The van der Waals surface area contributed by atoms with E-state index in [1.54, 1.807) is 19.1 Å². The lowest BCUT2D eigenvalue weighted by Gasteiger charge is -2.27. The molecule has 0 aliphatic heterocycles. The molecule has 0 radical (unpaired) electrons. The number of hydrogen-bond acceptors (Lipinski definition) is 3. The Hall–Kier alpha value is -1.84. The van der Waals surface area contributed by atoms with E-state index in [0.29, 0.717) is 12.0 Å². The Kier molecular flexibility index (Phi) is 6.40. The summed E-state index contributed by atoms with van der Waals surface area (Å²) >= 11 is 0. The maximum atomic E-state index is 12.3. The molecule has 0 spiro atoms. The van der Waals surface area contributed by atoms with Crippen molar-refractivity contribution < 1.29 is 14.3 Å². The third-order valence-corrected chi connectivity index (χ3v) is 3.53. The zero-order valence-corrected chi connectivity index (χ0v) is 13.4. The van der Waals surface area contributed by atoms with E-state index in [1.165, 1.54) is 12.7 Å². The highest BCUT2D eigenvalue weighted by Crippen LogP contribution is 2.16. The Labute approximate surface area is 126 Å². The molecule has 0 saturated heterocycles. The molecule has 0 aromatic heterocycles. The Morgan fingerprint density at radius 1 is 1.14 bits per heavy atom. The number of aryl methyl sites for hydroxylation is 1. The first-order valence-corrected chi connectivity index (χ1v) is 7.46. The van der Waals surface area contributed by atoms with E-state index in [2.05, 4.69) is 12.2 Å². The molecule has 1 aromatic carbocycles.